The van der Waals surface area contributed by atoms with E-state index in [9.17, 15) is 9.50 Å². The fourth-order valence-corrected chi connectivity index (χ4v) is 2.74. The summed E-state index contributed by atoms with van der Waals surface area (Å²) in [6, 6.07) is 12.3. The molecule has 6 heteroatoms. The van der Waals surface area contributed by atoms with Gasteiger partial charge in [0.1, 0.15) is 5.82 Å². The molecule has 1 atom stereocenters. The Morgan fingerprint density at radius 1 is 1.20 bits per heavy atom. The Bertz CT molecular complexity index is 710. The van der Waals surface area contributed by atoms with Crippen molar-refractivity contribution in [1.82, 2.24) is 4.90 Å². The van der Waals surface area contributed by atoms with Gasteiger partial charge in [-0.2, -0.15) is 0 Å². The number of aliphatic hydroxyl groups is 1. The number of benzene rings is 2. The maximum Gasteiger partial charge on any atom is 0.231 e. The maximum atomic E-state index is 13.6. The normalized spacial score (nSPS) is 14.1. The smallest absolute Gasteiger partial charge is 0.231 e. The Labute approximate surface area is 146 Å². The van der Waals surface area contributed by atoms with Gasteiger partial charge in [-0.25, -0.2) is 4.39 Å². The molecule has 1 aliphatic heterocycles. The summed E-state index contributed by atoms with van der Waals surface area (Å²) in [5.41, 5.74) is 1.56. The van der Waals surface area contributed by atoms with Crippen molar-refractivity contribution in [2.24, 2.45) is 0 Å². The summed E-state index contributed by atoms with van der Waals surface area (Å²) in [7, 11) is 1.84. The van der Waals surface area contributed by atoms with Gasteiger partial charge in [-0.05, 0) is 30.8 Å². The van der Waals surface area contributed by atoms with Crippen LogP contribution in [-0.2, 0) is 17.9 Å². The highest BCUT2D eigenvalue weighted by atomic mass is 19.1. The average molecular weight is 347 g/mol. The first kappa shape index (κ1) is 17.7. The molecule has 0 saturated heterocycles. The molecule has 1 heterocycles. The van der Waals surface area contributed by atoms with Crippen LogP contribution < -0.4 is 9.47 Å². The van der Waals surface area contributed by atoms with E-state index < -0.39 is 6.10 Å². The molecule has 2 aromatic carbocycles. The van der Waals surface area contributed by atoms with Gasteiger partial charge in [0.2, 0.25) is 6.79 Å². The van der Waals surface area contributed by atoms with E-state index in [-0.39, 0.29) is 19.2 Å². The largest absolute Gasteiger partial charge is 0.454 e. The molecule has 0 saturated carbocycles. The van der Waals surface area contributed by atoms with E-state index in [1.165, 1.54) is 6.07 Å². The Kier molecular flexibility index (Phi) is 5.86. The minimum atomic E-state index is -0.647. The van der Waals surface area contributed by atoms with Crippen LogP contribution in [0.4, 0.5) is 4.39 Å². The van der Waals surface area contributed by atoms with Gasteiger partial charge in [0, 0.05) is 18.7 Å². The molecule has 0 spiro atoms. The Morgan fingerprint density at radius 3 is 2.84 bits per heavy atom. The average Bonchev–Trinajstić information content (AvgIpc) is 3.04. The van der Waals surface area contributed by atoms with Crippen molar-refractivity contribution < 1.29 is 23.7 Å². The highest BCUT2D eigenvalue weighted by molar-refractivity contribution is 5.44. The highest BCUT2D eigenvalue weighted by Gasteiger charge is 2.14. The van der Waals surface area contributed by atoms with Crippen LogP contribution in [0.5, 0.6) is 11.5 Å². The van der Waals surface area contributed by atoms with E-state index in [2.05, 4.69) is 0 Å². The molecule has 3 rings (SSSR count). The van der Waals surface area contributed by atoms with Crippen molar-refractivity contribution >= 4 is 0 Å². The van der Waals surface area contributed by atoms with Crippen LogP contribution in [0.25, 0.3) is 0 Å². The molecule has 0 aromatic heterocycles. The summed E-state index contributed by atoms with van der Waals surface area (Å²) in [6.07, 6.45) is -0.647. The number of rotatable bonds is 8. The van der Waals surface area contributed by atoms with E-state index in [0.717, 1.165) is 11.3 Å². The second-order valence-electron chi connectivity index (χ2n) is 6.14. The first-order chi connectivity index (χ1) is 12.1. The molecule has 5 nitrogen and oxygen atoms in total. The van der Waals surface area contributed by atoms with Crippen LogP contribution >= 0.6 is 0 Å². The van der Waals surface area contributed by atoms with Crippen molar-refractivity contribution in [3.8, 4) is 11.5 Å². The molecule has 1 aliphatic rings. The predicted octanol–water partition coefficient (Wildman–Crippen LogP) is 2.56. The van der Waals surface area contributed by atoms with E-state index in [4.69, 9.17) is 14.2 Å². The number of aliphatic hydroxyl groups excluding tert-OH is 1. The SMILES string of the molecule is CN(Cc1ccccc1F)CC(O)COCc1ccc2c(c1)OCO2. The predicted molar refractivity (Wildman–Crippen MR) is 91.0 cm³/mol. The number of likely N-dealkylation sites (N-methyl/N-ethyl adjacent to an activating group) is 1. The standard InChI is InChI=1S/C19H22FNO4/c1-21(9-15-4-2-3-5-17(15)20)10-16(22)12-23-11-14-6-7-18-19(8-14)25-13-24-18/h2-8,16,22H,9-13H2,1H3. The third-order valence-electron chi connectivity index (χ3n) is 3.94. The summed E-state index contributed by atoms with van der Waals surface area (Å²) in [4.78, 5) is 1.87. The van der Waals surface area contributed by atoms with Gasteiger partial charge in [0.05, 0.1) is 19.3 Å². The summed E-state index contributed by atoms with van der Waals surface area (Å²) in [5, 5.41) is 10.1. The van der Waals surface area contributed by atoms with Crippen molar-refractivity contribution in [2.75, 3.05) is 27.0 Å². The number of nitrogens with zero attached hydrogens (tertiary/aromatic N) is 1. The van der Waals surface area contributed by atoms with Crippen LogP contribution in [0.2, 0.25) is 0 Å². The van der Waals surface area contributed by atoms with Gasteiger partial charge >= 0.3 is 0 Å². The second kappa shape index (κ2) is 8.29. The van der Waals surface area contributed by atoms with Crippen molar-refractivity contribution in [1.29, 1.82) is 0 Å². The third kappa shape index (κ3) is 4.92. The molecule has 0 aliphatic carbocycles. The molecular weight excluding hydrogens is 325 g/mol. The van der Waals surface area contributed by atoms with Crippen LogP contribution in [-0.4, -0.2) is 43.1 Å². The minimum absolute atomic E-state index is 0.204. The first-order valence-electron chi connectivity index (χ1n) is 8.18. The van der Waals surface area contributed by atoms with Crippen molar-refractivity contribution in [2.45, 2.75) is 19.3 Å². The lowest BCUT2D eigenvalue weighted by molar-refractivity contribution is 0.0125. The van der Waals surface area contributed by atoms with Gasteiger partial charge < -0.3 is 19.3 Å². The van der Waals surface area contributed by atoms with Gasteiger partial charge in [-0.15, -0.1) is 0 Å². The number of fused-ring (bicyclic) bond motifs is 1. The third-order valence-corrected chi connectivity index (χ3v) is 3.94. The molecule has 0 amide bonds. The van der Waals surface area contributed by atoms with Crippen LogP contribution in [0, 0.1) is 5.82 Å². The quantitative estimate of drug-likeness (QED) is 0.795. The Hall–Kier alpha value is -2.15. The van der Waals surface area contributed by atoms with Crippen LogP contribution in [0.3, 0.4) is 0 Å². The molecule has 0 bridgehead atoms. The minimum Gasteiger partial charge on any atom is -0.454 e. The first-order valence-corrected chi connectivity index (χ1v) is 8.18. The molecule has 1 unspecified atom stereocenters. The number of halogens is 1. The molecular formula is C19H22FNO4. The van der Waals surface area contributed by atoms with Crippen molar-refractivity contribution in [3.05, 3.63) is 59.4 Å². The van der Waals surface area contributed by atoms with Gasteiger partial charge in [-0.1, -0.05) is 24.3 Å². The lowest BCUT2D eigenvalue weighted by Crippen LogP contribution is -2.32. The van der Waals surface area contributed by atoms with Crippen LogP contribution in [0.15, 0.2) is 42.5 Å². The number of ether oxygens (including phenoxy) is 3. The van der Waals surface area contributed by atoms with Gasteiger partial charge in [0.25, 0.3) is 0 Å². The zero-order chi connectivity index (χ0) is 17.6. The van der Waals surface area contributed by atoms with Crippen molar-refractivity contribution in [3.63, 3.8) is 0 Å². The summed E-state index contributed by atoms with van der Waals surface area (Å²) in [6.45, 7) is 1.66. The molecule has 134 valence electrons. The number of hydrogen-bond acceptors (Lipinski definition) is 5. The molecule has 25 heavy (non-hydrogen) atoms. The topological polar surface area (TPSA) is 51.2 Å². The van der Waals surface area contributed by atoms with Gasteiger partial charge in [0.15, 0.2) is 11.5 Å². The maximum absolute atomic E-state index is 13.6. The summed E-state index contributed by atoms with van der Waals surface area (Å²) in [5.74, 6) is 1.22. The van der Waals surface area contributed by atoms with E-state index in [0.29, 0.717) is 31.0 Å². The van der Waals surface area contributed by atoms with E-state index >= 15 is 0 Å². The fraction of sp³-hybridized carbons (Fsp3) is 0.368. The lowest BCUT2D eigenvalue weighted by Gasteiger charge is -2.21. The molecule has 0 radical (unpaired) electrons. The fourth-order valence-electron chi connectivity index (χ4n) is 2.74. The summed E-state index contributed by atoms with van der Waals surface area (Å²) < 4.78 is 29.8. The zero-order valence-corrected chi connectivity index (χ0v) is 14.2. The number of hydrogen-bond donors (Lipinski definition) is 1. The highest BCUT2D eigenvalue weighted by Crippen LogP contribution is 2.32. The molecule has 1 N–H and O–H groups in total. The monoisotopic (exact) mass is 347 g/mol. The second-order valence-corrected chi connectivity index (χ2v) is 6.14. The Balaban J connectivity index is 1.40. The van der Waals surface area contributed by atoms with Crippen LogP contribution in [0.1, 0.15) is 11.1 Å². The lowest BCUT2D eigenvalue weighted by atomic mass is 10.2. The Morgan fingerprint density at radius 2 is 2.00 bits per heavy atom. The van der Waals surface area contributed by atoms with Gasteiger partial charge in [-0.3, -0.25) is 4.90 Å². The van der Waals surface area contributed by atoms with E-state index in [1.54, 1.807) is 18.2 Å². The summed E-state index contributed by atoms with van der Waals surface area (Å²) >= 11 is 0. The molecule has 2 aromatic rings. The molecule has 0 fully saturated rings. The zero-order valence-electron chi connectivity index (χ0n) is 14.2. The van der Waals surface area contributed by atoms with E-state index in [1.807, 2.05) is 30.1 Å².